The third kappa shape index (κ3) is 3.24. The average molecular weight is 381 g/mol. The monoisotopic (exact) mass is 381 g/mol. The van der Waals surface area contributed by atoms with E-state index in [0.717, 1.165) is 29.4 Å². The Kier molecular flexibility index (Phi) is 4.81. The maximum atomic E-state index is 12.4. The quantitative estimate of drug-likeness (QED) is 0.682. The van der Waals surface area contributed by atoms with Crippen LogP contribution in [0.2, 0.25) is 0 Å². The summed E-state index contributed by atoms with van der Waals surface area (Å²) < 4.78 is 16.2. The van der Waals surface area contributed by atoms with E-state index in [1.807, 2.05) is 24.3 Å². The first-order valence-electron chi connectivity index (χ1n) is 9.24. The number of imidazole rings is 1. The summed E-state index contributed by atoms with van der Waals surface area (Å²) >= 11 is 0. The Hall–Kier alpha value is -3.22. The molecular weight excluding hydrogens is 358 g/mol. The number of benzene rings is 2. The van der Waals surface area contributed by atoms with E-state index in [1.54, 1.807) is 27.4 Å². The van der Waals surface area contributed by atoms with Crippen molar-refractivity contribution in [1.82, 2.24) is 15.3 Å². The number of H-pyrrole nitrogens is 1. The average Bonchev–Trinajstić information content (AvgIpc) is 3.12. The number of aromatic amines is 1. The summed E-state index contributed by atoms with van der Waals surface area (Å²) in [4.78, 5) is 20.3. The third-order valence-electron chi connectivity index (χ3n) is 5.12. The van der Waals surface area contributed by atoms with Crippen LogP contribution in [0, 0.1) is 0 Å². The number of rotatable bonds is 6. The predicted molar refractivity (Wildman–Crippen MR) is 106 cm³/mol. The fourth-order valence-electron chi connectivity index (χ4n) is 3.33. The van der Waals surface area contributed by atoms with E-state index < -0.39 is 0 Å². The zero-order valence-electron chi connectivity index (χ0n) is 16.2. The van der Waals surface area contributed by atoms with Crippen molar-refractivity contribution in [3.63, 3.8) is 0 Å². The van der Waals surface area contributed by atoms with Crippen LogP contribution >= 0.6 is 0 Å². The van der Waals surface area contributed by atoms with Crippen LogP contribution in [0.25, 0.3) is 22.4 Å². The molecule has 0 bridgehead atoms. The Morgan fingerprint density at radius 1 is 1.07 bits per heavy atom. The molecule has 4 rings (SSSR count). The number of carbonyl (C=O) groups excluding carboxylic acids is 1. The molecule has 28 heavy (non-hydrogen) atoms. The summed E-state index contributed by atoms with van der Waals surface area (Å²) in [6.07, 6.45) is 3.30. The van der Waals surface area contributed by atoms with Crippen LogP contribution in [-0.2, 0) is 0 Å². The van der Waals surface area contributed by atoms with Gasteiger partial charge in [0.1, 0.15) is 5.82 Å². The summed E-state index contributed by atoms with van der Waals surface area (Å²) in [5.74, 6) is 2.25. The minimum Gasteiger partial charge on any atom is -0.493 e. The Morgan fingerprint density at radius 3 is 2.36 bits per heavy atom. The number of methoxy groups -OCH3 is 3. The highest BCUT2D eigenvalue weighted by molar-refractivity contribution is 5.98. The molecule has 1 saturated carbocycles. The van der Waals surface area contributed by atoms with Crippen molar-refractivity contribution in [2.24, 2.45) is 0 Å². The van der Waals surface area contributed by atoms with Crippen molar-refractivity contribution in [3.8, 4) is 28.6 Å². The van der Waals surface area contributed by atoms with E-state index in [4.69, 9.17) is 14.2 Å². The zero-order valence-corrected chi connectivity index (χ0v) is 16.2. The van der Waals surface area contributed by atoms with Crippen molar-refractivity contribution in [2.45, 2.75) is 25.3 Å². The van der Waals surface area contributed by atoms with Gasteiger partial charge in [-0.25, -0.2) is 4.98 Å². The summed E-state index contributed by atoms with van der Waals surface area (Å²) in [5, 5.41) is 3.06. The topological polar surface area (TPSA) is 85.5 Å². The van der Waals surface area contributed by atoms with Crippen molar-refractivity contribution in [1.29, 1.82) is 0 Å². The second kappa shape index (κ2) is 7.42. The minimum atomic E-state index is -0.0458. The van der Waals surface area contributed by atoms with Gasteiger partial charge in [0, 0.05) is 17.2 Å². The van der Waals surface area contributed by atoms with E-state index in [-0.39, 0.29) is 5.91 Å². The van der Waals surface area contributed by atoms with E-state index in [1.165, 1.54) is 6.42 Å². The fraction of sp³-hybridized carbons (Fsp3) is 0.333. The second-order valence-corrected chi connectivity index (χ2v) is 6.83. The number of carbonyl (C=O) groups is 1. The van der Waals surface area contributed by atoms with Gasteiger partial charge in [0.2, 0.25) is 5.75 Å². The second-order valence-electron chi connectivity index (χ2n) is 6.83. The van der Waals surface area contributed by atoms with Gasteiger partial charge < -0.3 is 24.5 Å². The van der Waals surface area contributed by atoms with Gasteiger partial charge in [-0.3, -0.25) is 4.79 Å². The molecule has 1 amide bonds. The van der Waals surface area contributed by atoms with Crippen LogP contribution < -0.4 is 19.5 Å². The number of amides is 1. The highest BCUT2D eigenvalue weighted by atomic mass is 16.5. The molecule has 1 heterocycles. The Balaban J connectivity index is 1.68. The number of hydrogen-bond acceptors (Lipinski definition) is 5. The lowest BCUT2D eigenvalue weighted by molar-refractivity contribution is 0.0917. The van der Waals surface area contributed by atoms with Crippen molar-refractivity contribution in [3.05, 3.63) is 35.9 Å². The maximum Gasteiger partial charge on any atom is 0.251 e. The highest BCUT2D eigenvalue weighted by Gasteiger charge is 2.21. The lowest BCUT2D eigenvalue weighted by atomic mass is 9.93. The SMILES string of the molecule is COc1cc(-c2nc3ccc(C(=O)NC4CCC4)cc3[nH]2)cc(OC)c1OC. The molecule has 1 fully saturated rings. The van der Waals surface area contributed by atoms with Crippen LogP contribution in [-0.4, -0.2) is 43.2 Å². The summed E-state index contributed by atoms with van der Waals surface area (Å²) in [5.41, 5.74) is 3.00. The number of nitrogens with one attached hydrogen (secondary N) is 2. The molecule has 0 atom stereocenters. The van der Waals surface area contributed by atoms with Gasteiger partial charge in [-0.05, 0) is 49.6 Å². The first-order chi connectivity index (χ1) is 13.6. The van der Waals surface area contributed by atoms with E-state index in [9.17, 15) is 4.79 Å². The van der Waals surface area contributed by atoms with E-state index in [0.29, 0.717) is 34.7 Å². The lowest BCUT2D eigenvalue weighted by Crippen LogP contribution is -2.39. The molecule has 1 aliphatic carbocycles. The first kappa shape index (κ1) is 18.2. The van der Waals surface area contributed by atoms with Crippen LogP contribution in [0.4, 0.5) is 0 Å². The van der Waals surface area contributed by atoms with Gasteiger partial charge in [0.15, 0.2) is 11.5 Å². The number of hydrogen-bond donors (Lipinski definition) is 2. The molecule has 0 unspecified atom stereocenters. The fourth-order valence-corrected chi connectivity index (χ4v) is 3.33. The molecule has 0 radical (unpaired) electrons. The molecule has 7 nitrogen and oxygen atoms in total. The molecule has 7 heteroatoms. The third-order valence-corrected chi connectivity index (χ3v) is 5.12. The zero-order chi connectivity index (χ0) is 19.7. The van der Waals surface area contributed by atoms with Gasteiger partial charge >= 0.3 is 0 Å². The van der Waals surface area contributed by atoms with Gasteiger partial charge in [-0.2, -0.15) is 0 Å². The summed E-state index contributed by atoms with van der Waals surface area (Å²) in [7, 11) is 4.72. The normalized spacial score (nSPS) is 13.8. The van der Waals surface area contributed by atoms with Crippen LogP contribution in [0.1, 0.15) is 29.6 Å². The van der Waals surface area contributed by atoms with Gasteiger partial charge in [0.05, 0.1) is 32.4 Å². The van der Waals surface area contributed by atoms with E-state index in [2.05, 4.69) is 15.3 Å². The van der Waals surface area contributed by atoms with Crippen LogP contribution in [0.3, 0.4) is 0 Å². The van der Waals surface area contributed by atoms with Crippen LogP contribution in [0.5, 0.6) is 17.2 Å². The van der Waals surface area contributed by atoms with Crippen molar-refractivity contribution < 1.29 is 19.0 Å². The maximum absolute atomic E-state index is 12.4. The molecular formula is C21H23N3O4. The molecule has 1 aliphatic rings. The molecule has 0 aliphatic heterocycles. The standard InChI is InChI=1S/C21H23N3O4/c1-26-17-10-13(11-18(27-2)19(17)28-3)20-23-15-8-7-12(9-16(15)24-20)21(25)22-14-5-4-6-14/h7-11,14H,4-6H2,1-3H3,(H,22,25)(H,23,24). The molecule has 0 spiro atoms. The summed E-state index contributed by atoms with van der Waals surface area (Å²) in [6, 6.07) is 9.46. The van der Waals surface area contributed by atoms with Gasteiger partial charge in [-0.15, -0.1) is 0 Å². The molecule has 3 aromatic rings. The van der Waals surface area contributed by atoms with Crippen molar-refractivity contribution in [2.75, 3.05) is 21.3 Å². The molecule has 146 valence electrons. The van der Waals surface area contributed by atoms with Crippen LogP contribution in [0.15, 0.2) is 30.3 Å². The first-order valence-corrected chi connectivity index (χ1v) is 9.24. The minimum absolute atomic E-state index is 0.0458. The Labute approximate surface area is 163 Å². The van der Waals surface area contributed by atoms with Crippen molar-refractivity contribution >= 4 is 16.9 Å². The lowest BCUT2D eigenvalue weighted by Gasteiger charge is -2.26. The van der Waals surface area contributed by atoms with E-state index >= 15 is 0 Å². The molecule has 1 aromatic heterocycles. The summed E-state index contributed by atoms with van der Waals surface area (Å²) in [6.45, 7) is 0. The molecule has 2 aromatic carbocycles. The molecule has 2 N–H and O–H groups in total. The Bertz CT molecular complexity index is 999. The predicted octanol–water partition coefficient (Wildman–Crippen LogP) is 3.54. The smallest absolute Gasteiger partial charge is 0.251 e. The highest BCUT2D eigenvalue weighted by Crippen LogP contribution is 2.40. The van der Waals surface area contributed by atoms with Gasteiger partial charge in [0.25, 0.3) is 5.91 Å². The number of aromatic nitrogens is 2. The Morgan fingerprint density at radius 2 is 1.79 bits per heavy atom. The largest absolute Gasteiger partial charge is 0.493 e. The van der Waals surface area contributed by atoms with Gasteiger partial charge in [-0.1, -0.05) is 0 Å². The number of ether oxygens (including phenoxy) is 3. The molecule has 0 saturated heterocycles. The number of nitrogens with zero attached hydrogens (tertiary/aromatic N) is 1. The number of fused-ring (bicyclic) bond motifs is 1.